The summed E-state index contributed by atoms with van der Waals surface area (Å²) in [5.74, 6) is -1.52. The van der Waals surface area contributed by atoms with Crippen LogP contribution in [0.15, 0.2) is 48.8 Å². The number of nitrogens with one attached hydrogen (secondary N) is 3. The fraction of sp³-hybridized carbons (Fsp3) is 0.500. The second-order valence-corrected chi connectivity index (χ2v) is 17.1. The largest absolute Gasteiger partial charge is 0.382 e. The van der Waals surface area contributed by atoms with Crippen LogP contribution in [0, 0.1) is 5.92 Å². The molecule has 6 heterocycles. The van der Waals surface area contributed by atoms with Crippen LogP contribution in [0.25, 0.3) is 11.0 Å². The van der Waals surface area contributed by atoms with Gasteiger partial charge in [-0.1, -0.05) is 6.07 Å². The lowest BCUT2D eigenvalue weighted by molar-refractivity contribution is -0.136. The highest BCUT2D eigenvalue weighted by atomic mass is 19.3. The topological polar surface area (TPSA) is 184 Å². The Morgan fingerprint density at radius 2 is 1.71 bits per heavy atom. The van der Waals surface area contributed by atoms with E-state index in [0.717, 1.165) is 62.8 Å². The summed E-state index contributed by atoms with van der Waals surface area (Å²) in [5.41, 5.74) is 1.78. The van der Waals surface area contributed by atoms with Crippen LogP contribution in [0.2, 0.25) is 0 Å². The maximum absolute atomic E-state index is 14.3. The van der Waals surface area contributed by atoms with Crippen molar-refractivity contribution in [2.75, 3.05) is 55.4 Å². The van der Waals surface area contributed by atoms with Gasteiger partial charge >= 0.3 is 0 Å². The number of hydrogen-bond donors (Lipinski definition) is 3. The van der Waals surface area contributed by atoms with E-state index < -0.39 is 47.7 Å². The molecule has 18 heteroatoms. The molecule has 326 valence electrons. The fourth-order valence-electron chi connectivity index (χ4n) is 9.87. The summed E-state index contributed by atoms with van der Waals surface area (Å²) in [6, 6.07) is 9.74. The number of piperidine rings is 1. The number of carbonyl (C=O) groups is 5. The van der Waals surface area contributed by atoms with Gasteiger partial charge in [0.15, 0.2) is 5.69 Å². The number of carbonyl (C=O) groups excluding carboxylic acids is 5. The first-order valence-corrected chi connectivity index (χ1v) is 21.6. The van der Waals surface area contributed by atoms with Crippen molar-refractivity contribution in [3.63, 3.8) is 0 Å². The molecule has 3 aliphatic heterocycles. The van der Waals surface area contributed by atoms with Crippen molar-refractivity contribution >= 4 is 57.8 Å². The van der Waals surface area contributed by atoms with E-state index >= 15 is 0 Å². The number of benzene rings is 1. The molecule has 4 aromatic rings. The number of anilines is 3. The van der Waals surface area contributed by atoms with Crippen LogP contribution in [0.1, 0.15) is 113 Å². The summed E-state index contributed by atoms with van der Waals surface area (Å²) < 4.78 is 35.8. The zero-order chi connectivity index (χ0) is 43.1. The maximum atomic E-state index is 14.3. The van der Waals surface area contributed by atoms with E-state index in [9.17, 15) is 32.8 Å². The predicted octanol–water partition coefficient (Wildman–Crippen LogP) is 5.34. The van der Waals surface area contributed by atoms with E-state index in [2.05, 4.69) is 42.9 Å². The van der Waals surface area contributed by atoms with Crippen molar-refractivity contribution in [3.8, 4) is 0 Å². The molecule has 1 atom stereocenters. The molecular weight excluding hydrogens is 803 g/mol. The second-order valence-electron chi connectivity index (χ2n) is 17.1. The molecule has 4 fully saturated rings. The number of amides is 5. The van der Waals surface area contributed by atoms with Gasteiger partial charge in [-0.2, -0.15) is 5.10 Å². The highest BCUT2D eigenvalue weighted by Crippen LogP contribution is 2.38. The first-order chi connectivity index (χ1) is 30.0. The third kappa shape index (κ3) is 8.24. The lowest BCUT2D eigenvalue weighted by Crippen LogP contribution is -2.54. The van der Waals surface area contributed by atoms with Crippen LogP contribution in [0.4, 0.5) is 26.0 Å². The Balaban J connectivity index is 0.774. The van der Waals surface area contributed by atoms with Crippen LogP contribution in [0.3, 0.4) is 0 Å². The van der Waals surface area contributed by atoms with E-state index in [1.165, 1.54) is 12.4 Å². The van der Waals surface area contributed by atoms with Gasteiger partial charge in [-0.3, -0.25) is 43.9 Å². The van der Waals surface area contributed by atoms with Gasteiger partial charge in [0, 0.05) is 56.2 Å². The average molecular weight is 853 g/mol. The first kappa shape index (κ1) is 41.5. The normalized spacial score (nSPS) is 24.5. The number of nitrogens with zero attached hydrogens (tertiary/aromatic N) is 7. The van der Waals surface area contributed by atoms with Crippen LogP contribution in [-0.2, 0) is 14.3 Å². The molecule has 5 aliphatic rings. The average Bonchev–Trinajstić information content (AvgIpc) is 3.82. The Labute approximate surface area is 356 Å². The first-order valence-electron chi connectivity index (χ1n) is 21.6. The molecule has 0 bridgehead atoms. The molecule has 1 unspecified atom stereocenters. The standard InChI is InChI=1S/C44H50F2N10O6/c1-53(27-11-7-26(8-12-27)48-31-4-2-3-29-37(31)44(61)56(43(29)60)34-14-16-36(57)51-42(34)59)23-25-5-9-28(10-6-25)55-24-33(39(52-55)40(45)46)49-41(58)30-17-18-47-32-13-15-35(50-38(30)32)54-19-21-62-22-20-54/h2-4,13,15,17-18,24-28,34,40,48H,5-12,14,16,19-23H2,1H3,(H,49,58)(H,51,57,59). The number of aromatic nitrogens is 4. The Hall–Kier alpha value is -5.88. The number of halogens is 2. The number of ether oxygens (including phenoxy) is 1. The number of imide groups is 2. The molecule has 9 rings (SSSR count). The molecule has 0 spiro atoms. The summed E-state index contributed by atoms with van der Waals surface area (Å²) in [6.07, 6.45) is 7.37. The van der Waals surface area contributed by atoms with Crippen LogP contribution in [0.5, 0.6) is 0 Å². The summed E-state index contributed by atoms with van der Waals surface area (Å²) in [4.78, 5) is 79.4. The summed E-state index contributed by atoms with van der Waals surface area (Å²) >= 11 is 0. The van der Waals surface area contributed by atoms with Crippen molar-refractivity contribution in [2.24, 2.45) is 5.92 Å². The molecule has 2 saturated carbocycles. The van der Waals surface area contributed by atoms with Crippen molar-refractivity contribution in [1.29, 1.82) is 0 Å². The smallest absolute Gasteiger partial charge is 0.284 e. The van der Waals surface area contributed by atoms with Crippen molar-refractivity contribution in [2.45, 2.75) is 94.8 Å². The van der Waals surface area contributed by atoms with Gasteiger partial charge in [0.2, 0.25) is 11.8 Å². The Morgan fingerprint density at radius 1 is 0.935 bits per heavy atom. The van der Waals surface area contributed by atoms with Crippen LogP contribution < -0.4 is 20.9 Å². The Morgan fingerprint density at radius 3 is 2.45 bits per heavy atom. The van der Waals surface area contributed by atoms with Crippen molar-refractivity contribution in [3.05, 3.63) is 71.2 Å². The summed E-state index contributed by atoms with van der Waals surface area (Å²) in [7, 11) is 2.16. The van der Waals surface area contributed by atoms with Crippen molar-refractivity contribution in [1.82, 2.24) is 34.9 Å². The van der Waals surface area contributed by atoms with E-state index in [1.54, 1.807) is 35.0 Å². The molecule has 2 aliphatic carbocycles. The van der Waals surface area contributed by atoms with Crippen LogP contribution in [-0.4, -0.2) is 117 Å². The van der Waals surface area contributed by atoms with E-state index in [1.807, 2.05) is 6.07 Å². The molecule has 2 saturated heterocycles. The van der Waals surface area contributed by atoms with Gasteiger partial charge in [0.25, 0.3) is 24.1 Å². The lowest BCUT2D eigenvalue weighted by atomic mass is 9.84. The number of hydrogen-bond acceptors (Lipinski definition) is 12. The Kier molecular flexibility index (Phi) is 11.7. The predicted molar refractivity (Wildman–Crippen MR) is 224 cm³/mol. The highest BCUT2D eigenvalue weighted by molar-refractivity contribution is 6.25. The van der Waals surface area contributed by atoms with Crippen LogP contribution >= 0.6 is 0 Å². The second kappa shape index (κ2) is 17.5. The molecule has 1 aromatic carbocycles. The highest BCUT2D eigenvalue weighted by Gasteiger charge is 2.46. The molecule has 62 heavy (non-hydrogen) atoms. The minimum absolute atomic E-state index is 0.0165. The molecule has 5 amide bonds. The number of morpholine rings is 1. The molecule has 16 nitrogen and oxygen atoms in total. The van der Waals surface area contributed by atoms with E-state index in [-0.39, 0.29) is 47.3 Å². The Bertz CT molecular complexity index is 2390. The monoisotopic (exact) mass is 852 g/mol. The van der Waals surface area contributed by atoms with Gasteiger partial charge in [-0.05, 0) is 101 Å². The molecule has 3 N–H and O–H groups in total. The molecule has 3 aromatic heterocycles. The van der Waals surface area contributed by atoms with Gasteiger partial charge in [0.05, 0.1) is 47.2 Å². The van der Waals surface area contributed by atoms with Gasteiger partial charge < -0.3 is 25.2 Å². The fourth-order valence-corrected chi connectivity index (χ4v) is 9.87. The third-order valence-corrected chi connectivity index (χ3v) is 13.2. The number of pyridine rings is 2. The lowest BCUT2D eigenvalue weighted by Gasteiger charge is -2.38. The maximum Gasteiger partial charge on any atom is 0.284 e. The minimum Gasteiger partial charge on any atom is -0.382 e. The number of fused-ring (bicyclic) bond motifs is 2. The number of rotatable bonds is 11. The third-order valence-electron chi connectivity index (χ3n) is 13.2. The molecule has 0 radical (unpaired) electrons. The molecular formula is C44H50F2N10O6. The quantitative estimate of drug-likeness (QED) is 0.165. The van der Waals surface area contributed by atoms with Gasteiger partial charge in [-0.15, -0.1) is 0 Å². The van der Waals surface area contributed by atoms with Gasteiger partial charge in [-0.25, -0.2) is 13.8 Å². The van der Waals surface area contributed by atoms with E-state index in [0.29, 0.717) is 60.8 Å². The summed E-state index contributed by atoms with van der Waals surface area (Å²) in [5, 5.41) is 12.8. The zero-order valence-electron chi connectivity index (χ0n) is 34.5. The number of alkyl halides is 2. The van der Waals surface area contributed by atoms with Gasteiger partial charge in [0.1, 0.15) is 17.4 Å². The zero-order valence-corrected chi connectivity index (χ0v) is 34.5. The summed E-state index contributed by atoms with van der Waals surface area (Å²) in [6.45, 7) is 3.41. The minimum atomic E-state index is -2.88. The van der Waals surface area contributed by atoms with Crippen molar-refractivity contribution < 1.29 is 37.5 Å². The van der Waals surface area contributed by atoms with E-state index in [4.69, 9.17) is 9.72 Å². The SMILES string of the molecule is CN(CC1CCC(n2cc(NC(=O)c3ccnc4ccc(N5CCOCC5)nc34)c(C(F)F)n2)CC1)C1CCC(Nc2cccc3c2C(=O)N(C2CCC(=O)NC2=O)C3=O)CC1.